The van der Waals surface area contributed by atoms with Crippen LogP contribution in [0.4, 0.5) is 0 Å². The molecule has 6 nitrogen and oxygen atoms in total. The standard InChI is InChI=1S/C24H21NO5/c1-15-6-3-7-16(12-15)21-20(22(26)17-8-4-9-18(13-17)29-2)23(27)24(28)25(21)14-19-10-5-11-30-19/h3-13,21,26H,14H2,1-2H3/b22-20-. The number of amides is 1. The first kappa shape index (κ1) is 19.5. The van der Waals surface area contributed by atoms with E-state index in [-0.39, 0.29) is 17.9 Å². The summed E-state index contributed by atoms with van der Waals surface area (Å²) in [6.07, 6.45) is 1.52. The third kappa shape index (κ3) is 3.48. The third-order valence-corrected chi connectivity index (χ3v) is 5.15. The van der Waals surface area contributed by atoms with Crippen LogP contribution < -0.4 is 4.74 Å². The van der Waals surface area contributed by atoms with Gasteiger partial charge in [-0.3, -0.25) is 9.59 Å². The lowest BCUT2D eigenvalue weighted by Gasteiger charge is -2.24. The van der Waals surface area contributed by atoms with Crippen LogP contribution in [-0.4, -0.2) is 28.8 Å². The van der Waals surface area contributed by atoms with Crippen molar-refractivity contribution in [3.8, 4) is 5.75 Å². The van der Waals surface area contributed by atoms with E-state index < -0.39 is 17.7 Å². The van der Waals surface area contributed by atoms with Gasteiger partial charge < -0.3 is 19.2 Å². The fourth-order valence-electron chi connectivity index (χ4n) is 3.73. The van der Waals surface area contributed by atoms with Crippen LogP contribution in [0.2, 0.25) is 0 Å². The Bertz CT molecular complexity index is 1130. The van der Waals surface area contributed by atoms with Crippen LogP contribution in [0.15, 0.2) is 76.9 Å². The maximum absolute atomic E-state index is 13.0. The molecular weight excluding hydrogens is 382 g/mol. The lowest BCUT2D eigenvalue weighted by molar-refractivity contribution is -0.140. The predicted octanol–water partition coefficient (Wildman–Crippen LogP) is 4.22. The number of ether oxygens (including phenoxy) is 1. The number of aliphatic hydroxyl groups excluding tert-OH is 1. The van der Waals surface area contributed by atoms with Gasteiger partial charge in [-0.2, -0.15) is 0 Å². The van der Waals surface area contributed by atoms with Gasteiger partial charge in [0, 0.05) is 5.56 Å². The smallest absolute Gasteiger partial charge is 0.296 e. The van der Waals surface area contributed by atoms with Gasteiger partial charge in [0.15, 0.2) is 0 Å². The van der Waals surface area contributed by atoms with E-state index in [9.17, 15) is 14.7 Å². The Hall–Kier alpha value is -3.80. The number of Topliss-reactive ketones (excluding diaryl/α,β-unsaturated/α-hetero) is 1. The first-order valence-corrected chi connectivity index (χ1v) is 9.51. The average molecular weight is 403 g/mol. The molecule has 1 fully saturated rings. The van der Waals surface area contributed by atoms with Crippen molar-refractivity contribution in [2.45, 2.75) is 19.5 Å². The molecule has 1 aliphatic heterocycles. The van der Waals surface area contributed by atoms with Crippen molar-refractivity contribution in [1.82, 2.24) is 4.90 Å². The van der Waals surface area contributed by atoms with E-state index in [1.54, 1.807) is 36.4 Å². The number of aliphatic hydroxyl groups is 1. The second-order valence-electron chi connectivity index (χ2n) is 7.15. The molecule has 3 aromatic rings. The number of hydrogen-bond acceptors (Lipinski definition) is 5. The molecule has 1 aromatic heterocycles. The number of carbonyl (C=O) groups is 2. The molecule has 0 saturated carbocycles. The lowest BCUT2D eigenvalue weighted by Crippen LogP contribution is -2.29. The largest absolute Gasteiger partial charge is 0.507 e. The first-order valence-electron chi connectivity index (χ1n) is 9.51. The van der Waals surface area contributed by atoms with Crippen LogP contribution in [0, 0.1) is 6.92 Å². The Morgan fingerprint density at radius 3 is 2.60 bits per heavy atom. The molecule has 6 heteroatoms. The van der Waals surface area contributed by atoms with Gasteiger partial charge in [-0.25, -0.2) is 0 Å². The fourth-order valence-corrected chi connectivity index (χ4v) is 3.73. The number of hydrogen-bond donors (Lipinski definition) is 1. The Kier molecular flexibility index (Phi) is 5.14. The topological polar surface area (TPSA) is 80.0 Å². The Morgan fingerprint density at radius 2 is 1.90 bits per heavy atom. The highest BCUT2D eigenvalue weighted by Gasteiger charge is 2.46. The summed E-state index contributed by atoms with van der Waals surface area (Å²) in [6.45, 7) is 2.05. The highest BCUT2D eigenvalue weighted by molar-refractivity contribution is 6.46. The van der Waals surface area contributed by atoms with E-state index in [4.69, 9.17) is 9.15 Å². The van der Waals surface area contributed by atoms with Crippen molar-refractivity contribution in [3.05, 3.63) is 95.0 Å². The van der Waals surface area contributed by atoms with Gasteiger partial charge in [0.05, 0.1) is 31.5 Å². The molecule has 0 spiro atoms. The van der Waals surface area contributed by atoms with E-state index in [1.807, 2.05) is 31.2 Å². The summed E-state index contributed by atoms with van der Waals surface area (Å²) in [5, 5.41) is 11.1. The molecule has 152 valence electrons. The van der Waals surface area contributed by atoms with Gasteiger partial charge >= 0.3 is 0 Å². The second-order valence-corrected chi connectivity index (χ2v) is 7.15. The Labute approximate surface area is 174 Å². The number of aryl methyl sites for hydroxylation is 1. The van der Waals surface area contributed by atoms with Crippen molar-refractivity contribution < 1.29 is 23.8 Å². The van der Waals surface area contributed by atoms with Crippen molar-refractivity contribution in [3.63, 3.8) is 0 Å². The second kappa shape index (κ2) is 7.91. The monoisotopic (exact) mass is 403 g/mol. The zero-order valence-electron chi connectivity index (χ0n) is 16.7. The minimum atomic E-state index is -0.735. The molecule has 30 heavy (non-hydrogen) atoms. The summed E-state index contributed by atoms with van der Waals surface area (Å²) >= 11 is 0. The summed E-state index contributed by atoms with van der Waals surface area (Å²) in [6, 6.07) is 17.0. The van der Waals surface area contributed by atoms with Gasteiger partial charge in [-0.1, -0.05) is 42.0 Å². The maximum atomic E-state index is 13.0. The molecular formula is C24H21NO5. The van der Waals surface area contributed by atoms with Crippen LogP contribution in [0.1, 0.15) is 28.5 Å². The van der Waals surface area contributed by atoms with Crippen LogP contribution in [0.5, 0.6) is 5.75 Å². The number of likely N-dealkylation sites (tertiary alicyclic amines) is 1. The van der Waals surface area contributed by atoms with Crippen LogP contribution >= 0.6 is 0 Å². The maximum Gasteiger partial charge on any atom is 0.296 e. The van der Waals surface area contributed by atoms with Gasteiger partial charge in [0.2, 0.25) is 0 Å². The highest BCUT2D eigenvalue weighted by atomic mass is 16.5. The molecule has 0 aliphatic carbocycles. The van der Waals surface area contributed by atoms with E-state index >= 15 is 0 Å². The minimum absolute atomic E-state index is 0.0467. The molecule has 2 heterocycles. The van der Waals surface area contributed by atoms with Gasteiger partial charge in [-0.05, 0) is 36.8 Å². The number of carbonyl (C=O) groups excluding carboxylic acids is 2. The van der Waals surface area contributed by atoms with Crippen LogP contribution in [0.3, 0.4) is 0 Å². The van der Waals surface area contributed by atoms with Crippen molar-refractivity contribution in [2.24, 2.45) is 0 Å². The van der Waals surface area contributed by atoms with Crippen molar-refractivity contribution in [1.29, 1.82) is 0 Å². The molecule has 0 bridgehead atoms. The number of benzene rings is 2. The van der Waals surface area contributed by atoms with Crippen LogP contribution in [0.25, 0.3) is 5.76 Å². The fraction of sp³-hybridized carbons (Fsp3) is 0.167. The average Bonchev–Trinajstić information content (AvgIpc) is 3.35. The molecule has 1 atom stereocenters. The molecule has 1 unspecified atom stereocenters. The highest BCUT2D eigenvalue weighted by Crippen LogP contribution is 2.40. The summed E-state index contributed by atoms with van der Waals surface area (Å²) in [5.74, 6) is -0.552. The summed E-state index contributed by atoms with van der Waals surface area (Å²) < 4.78 is 10.6. The molecule has 0 radical (unpaired) electrons. The normalized spacial score (nSPS) is 18.1. The molecule has 1 aliphatic rings. The minimum Gasteiger partial charge on any atom is -0.507 e. The van der Waals surface area contributed by atoms with Gasteiger partial charge in [0.25, 0.3) is 11.7 Å². The van der Waals surface area contributed by atoms with E-state index in [1.165, 1.54) is 18.3 Å². The molecule has 2 aromatic carbocycles. The zero-order valence-corrected chi connectivity index (χ0v) is 16.7. The number of furan rings is 1. The van der Waals surface area contributed by atoms with E-state index in [0.29, 0.717) is 17.1 Å². The Morgan fingerprint density at radius 1 is 1.10 bits per heavy atom. The summed E-state index contributed by atoms with van der Waals surface area (Å²) in [5.41, 5.74) is 2.18. The number of nitrogens with zero attached hydrogens (tertiary/aromatic N) is 1. The van der Waals surface area contributed by atoms with Gasteiger partial charge in [-0.15, -0.1) is 0 Å². The number of rotatable bonds is 5. The molecule has 1 N–H and O–H groups in total. The predicted molar refractivity (Wildman–Crippen MR) is 111 cm³/mol. The van der Waals surface area contributed by atoms with E-state index in [2.05, 4.69) is 0 Å². The number of methoxy groups -OCH3 is 1. The summed E-state index contributed by atoms with van der Waals surface area (Å²) in [7, 11) is 1.52. The van der Waals surface area contributed by atoms with Gasteiger partial charge in [0.1, 0.15) is 17.3 Å². The lowest BCUT2D eigenvalue weighted by atomic mass is 9.94. The summed E-state index contributed by atoms with van der Waals surface area (Å²) in [4.78, 5) is 27.4. The zero-order chi connectivity index (χ0) is 21.3. The first-order chi connectivity index (χ1) is 14.5. The SMILES string of the molecule is COc1cccc(/C(O)=C2/C(=O)C(=O)N(Cc3ccco3)C2c2cccc(C)c2)c1. The quantitative estimate of drug-likeness (QED) is 0.392. The van der Waals surface area contributed by atoms with Crippen molar-refractivity contribution >= 4 is 17.4 Å². The Balaban J connectivity index is 1.88. The number of ketones is 1. The molecule has 4 rings (SSSR count). The van der Waals surface area contributed by atoms with Crippen molar-refractivity contribution in [2.75, 3.05) is 7.11 Å². The van der Waals surface area contributed by atoms with Crippen LogP contribution in [-0.2, 0) is 16.1 Å². The molecule has 1 saturated heterocycles. The molecule has 1 amide bonds. The van der Waals surface area contributed by atoms with E-state index in [0.717, 1.165) is 11.1 Å². The third-order valence-electron chi connectivity index (χ3n) is 5.15.